The zero-order valence-corrected chi connectivity index (χ0v) is 16.3. The molecule has 0 radical (unpaired) electrons. The first-order valence-corrected chi connectivity index (χ1v) is 10.6. The molecule has 3 aromatic rings. The van der Waals surface area contributed by atoms with E-state index in [9.17, 15) is 4.79 Å². The van der Waals surface area contributed by atoms with E-state index in [-0.39, 0.29) is 12.7 Å². The van der Waals surface area contributed by atoms with Gasteiger partial charge in [0.05, 0.1) is 11.8 Å². The van der Waals surface area contributed by atoms with Gasteiger partial charge in [0.2, 0.25) is 0 Å². The molecule has 0 saturated carbocycles. The third-order valence-electron chi connectivity index (χ3n) is 4.23. The van der Waals surface area contributed by atoms with Gasteiger partial charge in [0.25, 0.3) is 0 Å². The average molecular weight is 402 g/mol. The van der Waals surface area contributed by atoms with Crippen molar-refractivity contribution in [2.45, 2.75) is 25.6 Å². The third kappa shape index (κ3) is 4.55. The van der Waals surface area contributed by atoms with E-state index in [1.165, 1.54) is 0 Å². The molecule has 1 saturated heterocycles. The highest BCUT2D eigenvalue weighted by atomic mass is 32.1. The monoisotopic (exact) mass is 401 g/mol. The van der Waals surface area contributed by atoms with E-state index in [0.29, 0.717) is 17.9 Å². The summed E-state index contributed by atoms with van der Waals surface area (Å²) in [5.74, 6) is 0.110. The number of carbonyl (C=O) groups excluding carboxylic acids is 1. The minimum atomic E-state index is -0.414. The molecule has 1 fully saturated rings. The lowest BCUT2D eigenvalue weighted by Crippen LogP contribution is -2.17. The van der Waals surface area contributed by atoms with Crippen LogP contribution in [0, 0.1) is 0 Å². The number of thiazole rings is 1. The molecule has 0 spiro atoms. The van der Waals surface area contributed by atoms with Gasteiger partial charge >= 0.3 is 5.97 Å². The van der Waals surface area contributed by atoms with E-state index in [1.54, 1.807) is 40.9 Å². The fourth-order valence-electron chi connectivity index (χ4n) is 2.83. The second kappa shape index (κ2) is 8.65. The van der Waals surface area contributed by atoms with Crippen LogP contribution in [0.25, 0.3) is 10.6 Å². The normalized spacial score (nSPS) is 16.4. The Morgan fingerprint density at radius 1 is 1.26 bits per heavy atom. The fraction of sp³-hybridized carbons (Fsp3) is 0.300. The molecule has 4 rings (SSSR count). The number of nitrogens with zero attached hydrogens (tertiary/aromatic N) is 1. The van der Waals surface area contributed by atoms with Crippen molar-refractivity contribution in [1.29, 1.82) is 0 Å². The average Bonchev–Trinajstić information content (AvgIpc) is 3.47. The fourth-order valence-corrected chi connectivity index (χ4v) is 4.35. The van der Waals surface area contributed by atoms with Crippen molar-refractivity contribution >= 4 is 28.6 Å². The van der Waals surface area contributed by atoms with E-state index in [1.807, 2.05) is 22.9 Å². The number of benzene rings is 1. The molecule has 1 aromatic carbocycles. The summed E-state index contributed by atoms with van der Waals surface area (Å²) in [5.41, 5.74) is 2.26. The predicted molar refractivity (Wildman–Crippen MR) is 105 cm³/mol. The van der Waals surface area contributed by atoms with Crippen LogP contribution in [0.15, 0.2) is 46.5 Å². The van der Waals surface area contributed by atoms with Gasteiger partial charge < -0.3 is 14.2 Å². The maximum absolute atomic E-state index is 12.5. The molecule has 140 valence electrons. The van der Waals surface area contributed by atoms with Crippen molar-refractivity contribution in [3.05, 3.63) is 57.7 Å². The first-order chi connectivity index (χ1) is 13.3. The van der Waals surface area contributed by atoms with E-state index in [4.69, 9.17) is 14.2 Å². The number of aromatic nitrogens is 1. The second-order valence-electron chi connectivity index (χ2n) is 6.17. The second-order valence-corrected chi connectivity index (χ2v) is 7.81. The summed E-state index contributed by atoms with van der Waals surface area (Å²) < 4.78 is 16.8. The lowest BCUT2D eigenvalue weighted by atomic mass is 10.2. The number of hydrogen-bond donors (Lipinski definition) is 0. The van der Waals surface area contributed by atoms with Crippen LogP contribution in [0.1, 0.15) is 28.9 Å². The predicted octanol–water partition coefficient (Wildman–Crippen LogP) is 4.79. The summed E-state index contributed by atoms with van der Waals surface area (Å²) in [4.78, 5) is 17.0. The molecule has 1 unspecified atom stereocenters. The van der Waals surface area contributed by atoms with Gasteiger partial charge in [-0.2, -0.15) is 11.3 Å². The topological polar surface area (TPSA) is 57.7 Å². The molecule has 1 atom stereocenters. The SMILES string of the molecule is O=C(OCc1csc(-c2ccsc2)n1)c1ccccc1OCC1CCCO1. The standard InChI is InChI=1S/C20H19NO4S2/c22-20(25-10-15-13-27-19(21-15)14-7-9-26-12-14)17-5-1-2-6-18(17)24-11-16-4-3-8-23-16/h1-2,5-7,9,12-13,16H,3-4,8,10-11H2. The summed E-state index contributed by atoms with van der Waals surface area (Å²) >= 11 is 3.18. The van der Waals surface area contributed by atoms with Gasteiger partial charge in [-0.15, -0.1) is 11.3 Å². The van der Waals surface area contributed by atoms with Crippen LogP contribution in [0.5, 0.6) is 5.75 Å². The number of rotatable bonds is 7. The van der Waals surface area contributed by atoms with Crippen molar-refractivity contribution < 1.29 is 19.0 Å². The highest BCUT2D eigenvalue weighted by Crippen LogP contribution is 2.26. The molecule has 1 aliphatic heterocycles. The number of carbonyl (C=O) groups is 1. The first-order valence-electron chi connectivity index (χ1n) is 8.77. The van der Waals surface area contributed by atoms with Gasteiger partial charge in [-0.3, -0.25) is 0 Å². The van der Waals surface area contributed by atoms with Crippen LogP contribution in [0.2, 0.25) is 0 Å². The molecule has 0 amide bonds. The van der Waals surface area contributed by atoms with E-state index >= 15 is 0 Å². The highest BCUT2D eigenvalue weighted by molar-refractivity contribution is 7.14. The van der Waals surface area contributed by atoms with Gasteiger partial charge in [0, 0.05) is 22.9 Å². The largest absolute Gasteiger partial charge is 0.490 e. The Morgan fingerprint density at radius 2 is 2.19 bits per heavy atom. The molecule has 0 bridgehead atoms. The Morgan fingerprint density at radius 3 is 3.00 bits per heavy atom. The van der Waals surface area contributed by atoms with Crippen LogP contribution in [-0.2, 0) is 16.1 Å². The summed E-state index contributed by atoms with van der Waals surface area (Å²) in [6, 6.07) is 9.16. The van der Waals surface area contributed by atoms with Crippen molar-refractivity contribution in [3.8, 4) is 16.3 Å². The van der Waals surface area contributed by atoms with Gasteiger partial charge in [-0.05, 0) is 36.4 Å². The van der Waals surface area contributed by atoms with Crippen LogP contribution >= 0.6 is 22.7 Å². The minimum Gasteiger partial charge on any atom is -0.490 e. The van der Waals surface area contributed by atoms with Crippen molar-refractivity contribution in [3.63, 3.8) is 0 Å². The Labute approximate surface area is 165 Å². The molecular weight excluding hydrogens is 382 g/mol. The highest BCUT2D eigenvalue weighted by Gasteiger charge is 2.19. The molecule has 2 aromatic heterocycles. The van der Waals surface area contributed by atoms with Crippen LogP contribution in [0.3, 0.4) is 0 Å². The van der Waals surface area contributed by atoms with E-state index in [2.05, 4.69) is 10.4 Å². The number of esters is 1. The van der Waals surface area contributed by atoms with Crippen molar-refractivity contribution in [2.24, 2.45) is 0 Å². The molecule has 0 aliphatic carbocycles. The lowest BCUT2D eigenvalue weighted by molar-refractivity contribution is 0.0451. The van der Waals surface area contributed by atoms with Crippen molar-refractivity contribution in [1.82, 2.24) is 4.98 Å². The summed E-state index contributed by atoms with van der Waals surface area (Å²) in [7, 11) is 0. The van der Waals surface area contributed by atoms with Gasteiger partial charge in [-0.1, -0.05) is 12.1 Å². The Bertz CT molecular complexity index is 885. The van der Waals surface area contributed by atoms with E-state index < -0.39 is 5.97 Å². The number of hydrogen-bond acceptors (Lipinski definition) is 7. The molecule has 7 heteroatoms. The quantitative estimate of drug-likeness (QED) is 0.533. The summed E-state index contributed by atoms with van der Waals surface area (Å²) in [6.45, 7) is 1.36. The number of thiophene rings is 1. The maximum Gasteiger partial charge on any atom is 0.342 e. The van der Waals surface area contributed by atoms with Crippen LogP contribution in [-0.4, -0.2) is 30.3 Å². The van der Waals surface area contributed by atoms with Crippen LogP contribution in [0.4, 0.5) is 0 Å². The number of ether oxygens (including phenoxy) is 3. The van der Waals surface area contributed by atoms with Gasteiger partial charge in [0.1, 0.15) is 29.5 Å². The van der Waals surface area contributed by atoms with Gasteiger partial charge in [-0.25, -0.2) is 9.78 Å². The van der Waals surface area contributed by atoms with Crippen LogP contribution < -0.4 is 4.74 Å². The molecule has 5 nitrogen and oxygen atoms in total. The molecule has 3 heterocycles. The third-order valence-corrected chi connectivity index (χ3v) is 5.85. The molecular formula is C20H19NO4S2. The zero-order valence-electron chi connectivity index (χ0n) is 14.6. The van der Waals surface area contributed by atoms with Crippen molar-refractivity contribution in [2.75, 3.05) is 13.2 Å². The summed E-state index contributed by atoms with van der Waals surface area (Å²) in [5, 5.41) is 6.92. The molecule has 27 heavy (non-hydrogen) atoms. The maximum atomic E-state index is 12.5. The van der Waals surface area contributed by atoms with Gasteiger partial charge in [0.15, 0.2) is 0 Å². The first kappa shape index (κ1) is 18.2. The Kier molecular flexibility index (Phi) is 5.81. The molecule has 1 aliphatic rings. The Hall–Kier alpha value is -2.22. The summed E-state index contributed by atoms with van der Waals surface area (Å²) in [6.07, 6.45) is 2.14. The zero-order chi connectivity index (χ0) is 18.5. The van der Waals surface area contributed by atoms with E-state index in [0.717, 1.165) is 35.7 Å². The minimum absolute atomic E-state index is 0.0969. The lowest BCUT2D eigenvalue weighted by Gasteiger charge is -2.14. The smallest absolute Gasteiger partial charge is 0.342 e. The molecule has 0 N–H and O–H groups in total. The number of para-hydroxylation sites is 1. The Balaban J connectivity index is 1.36.